The van der Waals surface area contributed by atoms with Crippen LogP contribution >= 0.6 is 27.5 Å². The summed E-state index contributed by atoms with van der Waals surface area (Å²) in [5.74, 6) is -0.187. The minimum Gasteiger partial charge on any atom is -0.377 e. The molecule has 2 aromatic rings. The van der Waals surface area contributed by atoms with Crippen LogP contribution in [-0.4, -0.2) is 13.3 Å². The van der Waals surface area contributed by atoms with E-state index in [0.717, 1.165) is 12.1 Å². The van der Waals surface area contributed by atoms with Crippen LogP contribution in [0.3, 0.4) is 0 Å². The molecule has 0 heterocycles. The Morgan fingerprint density at radius 2 is 1.96 bits per heavy atom. The Kier molecular flexibility index (Phi) is 4.89. The maximum atomic E-state index is 12.2. The van der Waals surface area contributed by atoms with Gasteiger partial charge in [0.25, 0.3) is 5.69 Å². The van der Waals surface area contributed by atoms with E-state index in [-0.39, 0.29) is 20.8 Å². The highest BCUT2D eigenvalue weighted by Gasteiger charge is 2.22. The van der Waals surface area contributed by atoms with E-state index in [0.29, 0.717) is 0 Å². The molecule has 0 unspecified atom stereocenters. The molecule has 0 radical (unpaired) electrons. The number of nitro benzene ring substituents is 1. The van der Waals surface area contributed by atoms with Gasteiger partial charge in [0.05, 0.1) is 21.6 Å². The smallest absolute Gasteiger partial charge is 0.339 e. The lowest BCUT2D eigenvalue weighted by Crippen LogP contribution is -2.10. The second-order valence-corrected chi connectivity index (χ2v) is 7.07. The Labute approximate surface area is 144 Å². The molecular weight excluding hydrogens is 412 g/mol. The SMILES string of the molecule is N#Cc1ccc(OS(=O)(=O)c2cc(Br)cc([N+](=O)[O-])c2)c(Cl)c1. The molecule has 0 saturated carbocycles. The highest BCUT2D eigenvalue weighted by molar-refractivity contribution is 9.10. The van der Waals surface area contributed by atoms with Gasteiger partial charge < -0.3 is 4.18 Å². The molecule has 0 N–H and O–H groups in total. The summed E-state index contributed by atoms with van der Waals surface area (Å²) < 4.78 is 29.6. The van der Waals surface area contributed by atoms with Gasteiger partial charge >= 0.3 is 10.1 Å². The highest BCUT2D eigenvalue weighted by atomic mass is 79.9. The van der Waals surface area contributed by atoms with E-state index in [1.807, 2.05) is 6.07 Å². The Bertz CT molecular complexity index is 940. The summed E-state index contributed by atoms with van der Waals surface area (Å²) in [6, 6.07) is 8.85. The Hall–Kier alpha value is -2.15. The number of halogens is 2. The van der Waals surface area contributed by atoms with Crippen LogP contribution in [0, 0.1) is 21.4 Å². The van der Waals surface area contributed by atoms with Crippen molar-refractivity contribution in [1.82, 2.24) is 0 Å². The summed E-state index contributed by atoms with van der Waals surface area (Å²) in [6.07, 6.45) is 0. The minimum atomic E-state index is -4.34. The predicted octanol–water partition coefficient (Wildman–Crippen LogP) is 3.65. The molecular formula is C13H6BrClN2O5S. The van der Waals surface area contributed by atoms with Crippen LogP contribution in [0.2, 0.25) is 5.02 Å². The van der Waals surface area contributed by atoms with E-state index in [1.54, 1.807) is 0 Å². The fraction of sp³-hybridized carbons (Fsp3) is 0. The molecule has 0 aliphatic carbocycles. The molecule has 2 rings (SSSR count). The summed E-state index contributed by atoms with van der Waals surface area (Å²) in [5, 5.41) is 19.5. The number of nitro groups is 1. The van der Waals surface area contributed by atoms with Crippen LogP contribution in [0.5, 0.6) is 5.75 Å². The maximum Gasteiger partial charge on any atom is 0.339 e. The number of nitriles is 1. The van der Waals surface area contributed by atoms with Gasteiger partial charge in [-0.3, -0.25) is 10.1 Å². The Balaban J connectivity index is 2.44. The van der Waals surface area contributed by atoms with Gasteiger partial charge in [0, 0.05) is 16.6 Å². The van der Waals surface area contributed by atoms with Crippen molar-refractivity contribution in [2.45, 2.75) is 4.90 Å². The summed E-state index contributed by atoms with van der Waals surface area (Å²) in [5.41, 5.74) is -0.176. The fourth-order valence-electron chi connectivity index (χ4n) is 1.60. The minimum absolute atomic E-state index is 0.0721. The van der Waals surface area contributed by atoms with E-state index in [9.17, 15) is 18.5 Å². The van der Waals surface area contributed by atoms with E-state index < -0.39 is 25.6 Å². The quantitative estimate of drug-likeness (QED) is 0.426. The third-order valence-corrected chi connectivity index (χ3v) is 4.58. The van der Waals surface area contributed by atoms with Crippen LogP contribution in [-0.2, 0) is 10.1 Å². The van der Waals surface area contributed by atoms with E-state index in [4.69, 9.17) is 21.0 Å². The lowest BCUT2D eigenvalue weighted by atomic mass is 10.2. The van der Waals surface area contributed by atoms with Gasteiger partial charge in [-0.05, 0) is 24.3 Å². The number of non-ortho nitro benzene ring substituents is 1. The van der Waals surface area contributed by atoms with Gasteiger partial charge in [-0.2, -0.15) is 13.7 Å². The molecule has 10 heteroatoms. The molecule has 0 fully saturated rings. The third-order valence-electron chi connectivity index (χ3n) is 2.62. The second kappa shape index (κ2) is 6.54. The Morgan fingerprint density at radius 3 is 2.52 bits per heavy atom. The normalized spacial score (nSPS) is 10.8. The largest absolute Gasteiger partial charge is 0.377 e. The molecule has 0 saturated heterocycles. The predicted molar refractivity (Wildman–Crippen MR) is 84.8 cm³/mol. The van der Waals surface area contributed by atoms with Crippen molar-refractivity contribution in [2.75, 3.05) is 0 Å². The number of hydrogen-bond acceptors (Lipinski definition) is 6. The molecule has 23 heavy (non-hydrogen) atoms. The average molecular weight is 418 g/mol. The third kappa shape index (κ3) is 3.98. The first-order chi connectivity index (χ1) is 10.7. The first-order valence-corrected chi connectivity index (χ1v) is 8.40. The van der Waals surface area contributed by atoms with Crippen LogP contribution in [0.15, 0.2) is 45.8 Å². The van der Waals surface area contributed by atoms with Crippen molar-refractivity contribution in [2.24, 2.45) is 0 Å². The molecule has 118 valence electrons. The summed E-state index contributed by atoms with van der Waals surface area (Å²) in [7, 11) is -4.34. The topological polar surface area (TPSA) is 110 Å². The summed E-state index contributed by atoms with van der Waals surface area (Å²) in [6.45, 7) is 0. The van der Waals surface area contributed by atoms with Crippen LogP contribution in [0.1, 0.15) is 5.56 Å². The van der Waals surface area contributed by atoms with Crippen molar-refractivity contribution >= 4 is 43.3 Å². The zero-order chi connectivity index (χ0) is 17.2. The number of hydrogen-bond donors (Lipinski definition) is 0. The van der Waals surface area contributed by atoms with E-state index >= 15 is 0 Å². The van der Waals surface area contributed by atoms with Crippen molar-refractivity contribution in [3.8, 4) is 11.8 Å². The van der Waals surface area contributed by atoms with Gasteiger partial charge in [0.1, 0.15) is 4.90 Å². The Morgan fingerprint density at radius 1 is 1.26 bits per heavy atom. The molecule has 7 nitrogen and oxygen atoms in total. The van der Waals surface area contributed by atoms with Crippen LogP contribution < -0.4 is 4.18 Å². The standard InChI is InChI=1S/C13H6BrClN2O5S/c14-9-4-10(17(18)19)6-11(5-9)23(20,21)22-13-2-1-8(7-16)3-12(13)15/h1-6H. The summed E-state index contributed by atoms with van der Waals surface area (Å²) in [4.78, 5) is 9.69. The maximum absolute atomic E-state index is 12.2. The fourth-order valence-corrected chi connectivity index (χ4v) is 3.51. The molecule has 0 bridgehead atoms. The van der Waals surface area contributed by atoms with Gasteiger partial charge in [0.2, 0.25) is 0 Å². The molecule has 0 spiro atoms. The van der Waals surface area contributed by atoms with Crippen molar-refractivity contribution < 1.29 is 17.5 Å². The van der Waals surface area contributed by atoms with Crippen LogP contribution in [0.25, 0.3) is 0 Å². The zero-order valence-corrected chi connectivity index (χ0v) is 14.2. The number of nitrogens with zero attached hydrogens (tertiary/aromatic N) is 2. The van der Waals surface area contributed by atoms with Gasteiger partial charge in [-0.1, -0.05) is 27.5 Å². The molecule has 0 atom stereocenters. The van der Waals surface area contributed by atoms with E-state index in [1.165, 1.54) is 24.3 Å². The highest BCUT2D eigenvalue weighted by Crippen LogP contribution is 2.30. The van der Waals surface area contributed by atoms with E-state index in [2.05, 4.69) is 15.9 Å². The summed E-state index contributed by atoms with van der Waals surface area (Å²) >= 11 is 8.86. The monoisotopic (exact) mass is 416 g/mol. The molecule has 0 aromatic heterocycles. The average Bonchev–Trinajstić information content (AvgIpc) is 2.48. The van der Waals surface area contributed by atoms with Crippen molar-refractivity contribution in [3.63, 3.8) is 0 Å². The molecule has 0 aliphatic heterocycles. The molecule has 0 aliphatic rings. The number of benzene rings is 2. The van der Waals surface area contributed by atoms with Gasteiger partial charge in [-0.25, -0.2) is 0 Å². The van der Waals surface area contributed by atoms with Crippen molar-refractivity contribution in [3.05, 3.63) is 61.6 Å². The second-order valence-electron chi connectivity index (χ2n) is 4.20. The zero-order valence-electron chi connectivity index (χ0n) is 11.1. The molecule has 2 aromatic carbocycles. The first kappa shape index (κ1) is 17.2. The lowest BCUT2D eigenvalue weighted by Gasteiger charge is -2.09. The first-order valence-electron chi connectivity index (χ1n) is 5.82. The molecule has 0 amide bonds. The lowest BCUT2D eigenvalue weighted by molar-refractivity contribution is -0.385. The van der Waals surface area contributed by atoms with Gasteiger partial charge in [-0.15, -0.1) is 0 Å². The van der Waals surface area contributed by atoms with Crippen LogP contribution in [0.4, 0.5) is 5.69 Å². The van der Waals surface area contributed by atoms with Gasteiger partial charge in [0.15, 0.2) is 5.75 Å². The van der Waals surface area contributed by atoms with Crippen molar-refractivity contribution in [1.29, 1.82) is 5.26 Å². The number of rotatable bonds is 4.